The molecule has 0 atom stereocenters. The van der Waals surface area contributed by atoms with Crippen LogP contribution in [0.5, 0.6) is 5.75 Å². The average molecular weight is 468 g/mol. The van der Waals surface area contributed by atoms with E-state index in [1.807, 2.05) is 6.20 Å². The smallest absolute Gasteiger partial charge is 0.252 e. The normalized spacial score (nSPS) is 12.8. The molecular weight excluding hydrogens is 430 g/mol. The number of aromatic nitrogens is 5. The van der Waals surface area contributed by atoms with Gasteiger partial charge in [-0.15, -0.1) is 5.10 Å². The average Bonchev–Trinajstić information content (AvgIpc) is 3.19. The number of hydrogen-bond acceptors (Lipinski definition) is 6. The zero-order valence-electron chi connectivity index (χ0n) is 21.4. The highest BCUT2D eigenvalue weighted by Crippen LogP contribution is 2.37. The molecule has 0 amide bonds. The Morgan fingerprint density at radius 3 is 2.24 bits per heavy atom. The molecule has 7 nitrogen and oxygen atoms in total. The second kappa shape index (κ2) is 9.35. The first-order valence-electron chi connectivity index (χ1n) is 11.4. The number of benzene rings is 1. The summed E-state index contributed by atoms with van der Waals surface area (Å²) in [7, 11) is -1.85. The van der Waals surface area contributed by atoms with Crippen molar-refractivity contribution in [1.82, 2.24) is 25.0 Å². The van der Waals surface area contributed by atoms with Crippen molar-refractivity contribution < 1.29 is 9.16 Å². The van der Waals surface area contributed by atoms with Crippen LogP contribution in [0.4, 0.5) is 0 Å². The molecule has 0 unspecified atom stereocenters. The molecule has 0 aliphatic carbocycles. The van der Waals surface area contributed by atoms with E-state index in [1.54, 1.807) is 17.1 Å². The van der Waals surface area contributed by atoms with E-state index in [4.69, 9.17) is 9.16 Å². The lowest BCUT2D eigenvalue weighted by Gasteiger charge is -2.35. The highest BCUT2D eigenvalue weighted by atomic mass is 28.4. The second-order valence-electron chi connectivity index (χ2n) is 11.1. The quantitative estimate of drug-likeness (QED) is 0.411. The van der Waals surface area contributed by atoms with Crippen molar-refractivity contribution in [1.29, 1.82) is 0 Å². The van der Waals surface area contributed by atoms with Gasteiger partial charge >= 0.3 is 0 Å². The molecule has 0 radical (unpaired) electrons. The highest BCUT2D eigenvalue weighted by Gasteiger charge is 2.37. The molecule has 3 aromatic rings. The predicted molar refractivity (Wildman–Crippen MR) is 133 cm³/mol. The van der Waals surface area contributed by atoms with E-state index in [0.717, 1.165) is 5.69 Å². The first-order valence-corrected chi connectivity index (χ1v) is 14.3. The minimum atomic E-state index is -1.85. The van der Waals surface area contributed by atoms with Gasteiger partial charge in [-0.25, -0.2) is 9.97 Å². The molecule has 2 aromatic heterocycles. The van der Waals surface area contributed by atoms with Crippen LogP contribution in [0.2, 0.25) is 18.1 Å². The van der Waals surface area contributed by atoms with Gasteiger partial charge < -0.3 is 9.16 Å². The predicted octanol–water partition coefficient (Wildman–Crippen LogP) is 5.76. The largest absolute Gasteiger partial charge is 0.486 e. The van der Waals surface area contributed by atoms with Gasteiger partial charge in [0.2, 0.25) is 0 Å². The fourth-order valence-corrected chi connectivity index (χ4v) is 4.13. The van der Waals surface area contributed by atoms with Crippen LogP contribution < -0.4 is 4.74 Å². The van der Waals surface area contributed by atoms with Crippen molar-refractivity contribution in [2.45, 2.75) is 85.2 Å². The summed E-state index contributed by atoms with van der Waals surface area (Å²) < 4.78 is 13.8. The topological polar surface area (TPSA) is 75.0 Å². The number of ether oxygens (including phenoxy) is 1. The molecule has 2 heterocycles. The summed E-state index contributed by atoms with van der Waals surface area (Å²) in [5.74, 6) is 1.06. The Hall–Kier alpha value is -2.58. The van der Waals surface area contributed by atoms with E-state index >= 15 is 0 Å². The minimum absolute atomic E-state index is 0.0458. The summed E-state index contributed by atoms with van der Waals surface area (Å²) in [4.78, 5) is 8.82. The Bertz CT molecular complexity index is 1080. The molecule has 0 fully saturated rings. The number of nitrogens with zero attached hydrogens (tertiary/aromatic N) is 5. The van der Waals surface area contributed by atoms with E-state index in [2.05, 4.69) is 100 Å². The van der Waals surface area contributed by atoms with Crippen LogP contribution in [-0.2, 0) is 23.1 Å². The Labute approximate surface area is 198 Å². The fraction of sp³-hybridized carbons (Fsp3) is 0.520. The summed E-state index contributed by atoms with van der Waals surface area (Å²) in [5.41, 5.74) is 4.52. The van der Waals surface area contributed by atoms with Crippen LogP contribution in [-0.4, -0.2) is 33.3 Å². The molecule has 0 aliphatic heterocycles. The molecule has 0 bridgehead atoms. The van der Waals surface area contributed by atoms with Crippen molar-refractivity contribution in [2.24, 2.45) is 0 Å². The zero-order chi connectivity index (χ0) is 24.4. The highest BCUT2D eigenvalue weighted by molar-refractivity contribution is 6.74. The van der Waals surface area contributed by atoms with Gasteiger partial charge in [-0.3, -0.25) is 0 Å². The van der Waals surface area contributed by atoms with Crippen LogP contribution in [0, 0.1) is 6.92 Å². The SMILES string of the molecule is Cc1cccc(C(C)(C)C)c1COc1cnc(-n2cc(CO[Si](C)(C)C(C)(C)C)nn2)nc1. The van der Waals surface area contributed by atoms with Gasteiger partial charge in [0, 0.05) is 0 Å². The maximum atomic E-state index is 6.23. The van der Waals surface area contributed by atoms with Crippen molar-refractivity contribution in [3.05, 3.63) is 59.2 Å². The van der Waals surface area contributed by atoms with Crippen LogP contribution in [0.3, 0.4) is 0 Å². The molecule has 3 rings (SSSR count). The maximum Gasteiger partial charge on any atom is 0.252 e. The molecule has 0 saturated heterocycles. The Morgan fingerprint density at radius 1 is 0.970 bits per heavy atom. The lowest BCUT2D eigenvalue weighted by Crippen LogP contribution is -2.40. The molecular formula is C25H37N5O2Si. The van der Waals surface area contributed by atoms with Crippen LogP contribution in [0.25, 0.3) is 5.95 Å². The van der Waals surface area contributed by atoms with E-state index < -0.39 is 8.32 Å². The summed E-state index contributed by atoms with van der Waals surface area (Å²) in [5, 5.41) is 8.52. The molecule has 0 saturated carbocycles. The molecule has 1 aromatic carbocycles. The zero-order valence-corrected chi connectivity index (χ0v) is 22.4. The van der Waals surface area contributed by atoms with Gasteiger partial charge in [0.05, 0.1) is 25.2 Å². The van der Waals surface area contributed by atoms with Crippen LogP contribution >= 0.6 is 0 Å². The van der Waals surface area contributed by atoms with Gasteiger partial charge in [0.15, 0.2) is 14.1 Å². The Balaban J connectivity index is 1.65. The third kappa shape index (κ3) is 6.06. The minimum Gasteiger partial charge on any atom is -0.486 e. The number of aryl methyl sites for hydroxylation is 1. The third-order valence-electron chi connectivity index (χ3n) is 6.35. The standard InChI is InChI=1S/C25H37N5O2Si/c1-18-11-10-12-22(24(2,3)4)21(18)17-31-20-13-26-23(27-14-20)30-15-19(28-29-30)16-32-33(8,9)25(5,6)7/h10-15H,16-17H2,1-9H3. The van der Waals surface area contributed by atoms with Gasteiger partial charge in [0.1, 0.15) is 12.3 Å². The van der Waals surface area contributed by atoms with E-state index in [-0.39, 0.29) is 10.5 Å². The van der Waals surface area contributed by atoms with E-state index in [1.165, 1.54) is 16.7 Å². The lowest BCUT2D eigenvalue weighted by atomic mass is 9.82. The summed E-state index contributed by atoms with van der Waals surface area (Å²) in [6.45, 7) is 20.8. The Kier molecular flexibility index (Phi) is 7.09. The summed E-state index contributed by atoms with van der Waals surface area (Å²) >= 11 is 0. The van der Waals surface area contributed by atoms with Crippen LogP contribution in [0.1, 0.15) is 63.9 Å². The van der Waals surface area contributed by atoms with Gasteiger partial charge in [-0.2, -0.15) is 4.68 Å². The molecule has 33 heavy (non-hydrogen) atoms. The summed E-state index contributed by atoms with van der Waals surface area (Å²) in [6.07, 6.45) is 5.15. The molecule has 0 spiro atoms. The second-order valence-corrected chi connectivity index (χ2v) is 15.9. The van der Waals surface area contributed by atoms with Crippen molar-refractivity contribution in [3.8, 4) is 11.7 Å². The molecule has 0 aliphatic rings. The first kappa shape index (κ1) is 25.0. The molecule has 178 valence electrons. The fourth-order valence-electron chi connectivity index (χ4n) is 3.19. The first-order chi connectivity index (χ1) is 15.3. The molecule has 0 N–H and O–H groups in total. The third-order valence-corrected chi connectivity index (χ3v) is 10.8. The van der Waals surface area contributed by atoms with Crippen molar-refractivity contribution in [2.75, 3.05) is 0 Å². The van der Waals surface area contributed by atoms with Crippen molar-refractivity contribution in [3.63, 3.8) is 0 Å². The van der Waals surface area contributed by atoms with Gasteiger partial charge in [-0.1, -0.05) is 65.0 Å². The van der Waals surface area contributed by atoms with Crippen LogP contribution in [0.15, 0.2) is 36.8 Å². The van der Waals surface area contributed by atoms with E-state index in [0.29, 0.717) is 24.9 Å². The van der Waals surface area contributed by atoms with Crippen molar-refractivity contribution >= 4 is 8.32 Å². The lowest BCUT2D eigenvalue weighted by molar-refractivity contribution is 0.272. The van der Waals surface area contributed by atoms with Gasteiger partial charge in [0.25, 0.3) is 5.95 Å². The Morgan fingerprint density at radius 2 is 1.64 bits per heavy atom. The van der Waals surface area contributed by atoms with E-state index in [9.17, 15) is 0 Å². The van der Waals surface area contributed by atoms with Gasteiger partial charge in [-0.05, 0) is 47.2 Å². The number of rotatable bonds is 7. The monoisotopic (exact) mass is 467 g/mol. The summed E-state index contributed by atoms with van der Waals surface area (Å²) in [6, 6.07) is 6.38. The number of hydrogen-bond donors (Lipinski definition) is 0. The molecule has 8 heteroatoms. The maximum absolute atomic E-state index is 6.23.